The Morgan fingerprint density at radius 2 is 2.10 bits per heavy atom. The van der Waals surface area contributed by atoms with Crippen molar-refractivity contribution in [2.24, 2.45) is 0 Å². The fourth-order valence-electron chi connectivity index (χ4n) is 4.42. The van der Waals surface area contributed by atoms with E-state index in [1.807, 2.05) is 34.7 Å². The number of hydrogen-bond donors (Lipinski definition) is 0. The van der Waals surface area contributed by atoms with Gasteiger partial charge in [-0.1, -0.05) is 6.07 Å². The molecule has 2 saturated heterocycles. The first-order valence-electron chi connectivity index (χ1n) is 10.8. The number of carbonyl (C=O) groups is 1. The number of rotatable bonds is 6. The number of carbonyl (C=O) groups excluding carboxylic acids is 1. The Labute approximate surface area is 180 Å². The summed E-state index contributed by atoms with van der Waals surface area (Å²) in [5.41, 5.74) is 2.60. The first-order valence-corrected chi connectivity index (χ1v) is 11.6. The first kappa shape index (κ1) is 19.7. The summed E-state index contributed by atoms with van der Waals surface area (Å²) in [6, 6.07) is 5.91. The lowest BCUT2D eigenvalue weighted by molar-refractivity contribution is -0.0136. The molecular weight excluding hydrogens is 398 g/mol. The molecule has 2 fully saturated rings. The molecule has 2 aliphatic rings. The van der Waals surface area contributed by atoms with Gasteiger partial charge in [-0.15, -0.1) is 11.3 Å². The Morgan fingerprint density at radius 1 is 1.20 bits per heavy atom. The number of ether oxygens (including phenoxy) is 1. The lowest BCUT2D eigenvalue weighted by Gasteiger charge is -2.32. The highest BCUT2D eigenvalue weighted by molar-refractivity contribution is 7.15. The standard InChI is InChI=1S/C22H27N5O2S/c28-21(26-10-3-4-11-26)20-19(27-12-13-30-22(27)24-20)15-25-9-5-7-18(14-25)29-16-17-6-1-2-8-23-17/h1-2,6,8,12-13,18H,3-5,7,9-11,14-16H2/t18-/m0/s1. The van der Waals surface area contributed by atoms with Crippen molar-refractivity contribution in [3.8, 4) is 0 Å². The molecule has 0 radical (unpaired) electrons. The van der Waals surface area contributed by atoms with E-state index >= 15 is 0 Å². The van der Waals surface area contributed by atoms with Crippen LogP contribution in [0, 0.1) is 0 Å². The quantitative estimate of drug-likeness (QED) is 0.607. The number of thiazole rings is 1. The maximum atomic E-state index is 13.1. The van der Waals surface area contributed by atoms with Crippen molar-refractivity contribution in [1.29, 1.82) is 0 Å². The van der Waals surface area contributed by atoms with Crippen LogP contribution in [-0.4, -0.2) is 62.4 Å². The third-order valence-corrected chi connectivity index (χ3v) is 6.74. The number of amides is 1. The molecule has 0 saturated carbocycles. The van der Waals surface area contributed by atoms with Gasteiger partial charge in [0.1, 0.15) is 0 Å². The third kappa shape index (κ3) is 4.12. The van der Waals surface area contributed by atoms with Crippen LogP contribution in [0.2, 0.25) is 0 Å². The highest BCUT2D eigenvalue weighted by atomic mass is 32.1. The molecule has 0 aromatic carbocycles. The number of hydrogen-bond acceptors (Lipinski definition) is 6. The molecule has 0 N–H and O–H groups in total. The van der Waals surface area contributed by atoms with Crippen molar-refractivity contribution >= 4 is 22.2 Å². The van der Waals surface area contributed by atoms with E-state index < -0.39 is 0 Å². The average Bonchev–Trinajstić information content (AvgIpc) is 3.52. The highest BCUT2D eigenvalue weighted by Crippen LogP contribution is 2.24. The van der Waals surface area contributed by atoms with E-state index in [0.29, 0.717) is 12.3 Å². The number of aromatic nitrogens is 3. The molecule has 0 bridgehead atoms. The van der Waals surface area contributed by atoms with Crippen LogP contribution in [0.15, 0.2) is 36.0 Å². The number of imidazole rings is 1. The molecule has 3 aromatic rings. The van der Waals surface area contributed by atoms with Gasteiger partial charge in [-0.3, -0.25) is 19.1 Å². The van der Waals surface area contributed by atoms with E-state index in [4.69, 9.17) is 9.72 Å². The van der Waals surface area contributed by atoms with Gasteiger partial charge < -0.3 is 9.64 Å². The Bertz CT molecular complexity index is 996. The summed E-state index contributed by atoms with van der Waals surface area (Å²) in [5, 5.41) is 2.03. The van der Waals surface area contributed by atoms with Gasteiger partial charge in [0.25, 0.3) is 5.91 Å². The number of nitrogens with zero attached hydrogens (tertiary/aromatic N) is 5. The Balaban J connectivity index is 1.29. The molecule has 1 atom stereocenters. The molecule has 30 heavy (non-hydrogen) atoms. The largest absolute Gasteiger partial charge is 0.371 e. The zero-order chi connectivity index (χ0) is 20.3. The fourth-order valence-corrected chi connectivity index (χ4v) is 5.15. The monoisotopic (exact) mass is 425 g/mol. The summed E-state index contributed by atoms with van der Waals surface area (Å²) in [6.07, 6.45) is 8.34. The second kappa shape index (κ2) is 8.83. The number of fused-ring (bicyclic) bond motifs is 1. The lowest BCUT2D eigenvalue weighted by Crippen LogP contribution is -2.40. The second-order valence-electron chi connectivity index (χ2n) is 8.09. The topological polar surface area (TPSA) is 63.0 Å². The summed E-state index contributed by atoms with van der Waals surface area (Å²) in [6.45, 7) is 4.82. The first-order chi connectivity index (χ1) is 14.8. The molecular formula is C22H27N5O2S. The summed E-state index contributed by atoms with van der Waals surface area (Å²) in [4.78, 5) is 27.4. The van der Waals surface area contributed by atoms with E-state index in [2.05, 4.69) is 14.3 Å². The normalized spacial score (nSPS) is 20.3. The summed E-state index contributed by atoms with van der Waals surface area (Å²) in [5.74, 6) is 0.0818. The van der Waals surface area contributed by atoms with Crippen LogP contribution in [0.4, 0.5) is 0 Å². The molecule has 0 spiro atoms. The van der Waals surface area contributed by atoms with Crippen LogP contribution in [0.25, 0.3) is 4.96 Å². The van der Waals surface area contributed by atoms with E-state index in [1.165, 1.54) is 0 Å². The molecule has 5 rings (SSSR count). The van der Waals surface area contributed by atoms with Gasteiger partial charge in [-0.25, -0.2) is 4.98 Å². The number of pyridine rings is 1. The van der Waals surface area contributed by atoms with Crippen molar-refractivity contribution in [3.05, 3.63) is 53.1 Å². The van der Waals surface area contributed by atoms with E-state index in [1.54, 1.807) is 17.5 Å². The zero-order valence-corrected chi connectivity index (χ0v) is 17.9. The number of likely N-dealkylation sites (tertiary alicyclic amines) is 2. The lowest BCUT2D eigenvalue weighted by atomic mass is 10.1. The van der Waals surface area contributed by atoms with Crippen LogP contribution in [0.3, 0.4) is 0 Å². The van der Waals surface area contributed by atoms with Crippen LogP contribution < -0.4 is 0 Å². The summed E-state index contributed by atoms with van der Waals surface area (Å²) >= 11 is 1.58. The maximum absolute atomic E-state index is 13.1. The molecule has 3 aromatic heterocycles. The van der Waals surface area contributed by atoms with Crippen LogP contribution in [0.1, 0.15) is 47.6 Å². The predicted molar refractivity (Wildman–Crippen MR) is 116 cm³/mol. The van der Waals surface area contributed by atoms with Crippen molar-refractivity contribution in [1.82, 2.24) is 24.2 Å². The zero-order valence-electron chi connectivity index (χ0n) is 17.1. The molecule has 8 heteroatoms. The molecule has 0 aliphatic carbocycles. The number of piperidine rings is 1. The van der Waals surface area contributed by atoms with Crippen LogP contribution in [0.5, 0.6) is 0 Å². The third-order valence-electron chi connectivity index (χ3n) is 5.99. The smallest absolute Gasteiger partial charge is 0.274 e. The molecule has 2 aliphatic heterocycles. The molecule has 7 nitrogen and oxygen atoms in total. The molecule has 5 heterocycles. The Kier molecular flexibility index (Phi) is 5.79. The summed E-state index contributed by atoms with van der Waals surface area (Å²) < 4.78 is 8.24. The maximum Gasteiger partial charge on any atom is 0.274 e. The minimum Gasteiger partial charge on any atom is -0.371 e. The minimum atomic E-state index is 0.0818. The SMILES string of the molecule is O=C(c1nc2sccn2c1CN1CCC[C@H](OCc2ccccn2)C1)N1CCCC1. The van der Waals surface area contributed by atoms with E-state index in [0.717, 1.165) is 74.8 Å². The van der Waals surface area contributed by atoms with E-state index in [9.17, 15) is 4.79 Å². The average molecular weight is 426 g/mol. The minimum absolute atomic E-state index is 0.0818. The van der Waals surface area contributed by atoms with Crippen LogP contribution >= 0.6 is 11.3 Å². The van der Waals surface area contributed by atoms with Crippen molar-refractivity contribution < 1.29 is 9.53 Å². The van der Waals surface area contributed by atoms with E-state index in [-0.39, 0.29) is 12.0 Å². The molecule has 158 valence electrons. The molecule has 1 amide bonds. The van der Waals surface area contributed by atoms with Gasteiger partial charge in [0.2, 0.25) is 0 Å². The summed E-state index contributed by atoms with van der Waals surface area (Å²) in [7, 11) is 0. The Morgan fingerprint density at radius 3 is 2.93 bits per heavy atom. The van der Waals surface area contributed by atoms with Gasteiger partial charge in [0, 0.05) is 44.0 Å². The highest BCUT2D eigenvalue weighted by Gasteiger charge is 2.29. The van der Waals surface area contributed by atoms with Crippen molar-refractivity contribution in [2.45, 2.75) is 44.9 Å². The van der Waals surface area contributed by atoms with Crippen molar-refractivity contribution in [3.63, 3.8) is 0 Å². The van der Waals surface area contributed by atoms with Gasteiger partial charge >= 0.3 is 0 Å². The van der Waals surface area contributed by atoms with Crippen LogP contribution in [-0.2, 0) is 17.9 Å². The second-order valence-corrected chi connectivity index (χ2v) is 8.97. The van der Waals surface area contributed by atoms with Gasteiger partial charge in [0.15, 0.2) is 10.7 Å². The van der Waals surface area contributed by atoms with Gasteiger partial charge in [-0.05, 0) is 44.4 Å². The molecule has 0 unspecified atom stereocenters. The van der Waals surface area contributed by atoms with Crippen molar-refractivity contribution in [2.75, 3.05) is 26.2 Å². The van der Waals surface area contributed by atoms with Gasteiger partial charge in [-0.2, -0.15) is 0 Å². The van der Waals surface area contributed by atoms with Gasteiger partial charge in [0.05, 0.1) is 24.1 Å². The Hall–Kier alpha value is -2.29. The fraction of sp³-hybridized carbons (Fsp3) is 0.500. The predicted octanol–water partition coefficient (Wildman–Crippen LogP) is 3.21.